The Balaban J connectivity index is 0.000000591. The van der Waals surface area contributed by atoms with Crippen LogP contribution in [-0.4, -0.2) is 56.3 Å². The minimum absolute atomic E-state index is 0.112. The number of carboxylic acid groups (broad SMARTS) is 1. The Morgan fingerprint density at radius 1 is 1.11 bits per heavy atom. The van der Waals surface area contributed by atoms with Gasteiger partial charge in [-0.3, -0.25) is 23.3 Å². The topological polar surface area (TPSA) is 131 Å². The van der Waals surface area contributed by atoms with Gasteiger partial charge in [0.05, 0.1) is 28.9 Å². The summed E-state index contributed by atoms with van der Waals surface area (Å²) in [7, 11) is 5.22. The first kappa shape index (κ1) is 33.4. The maximum atomic E-state index is 14.8. The molecule has 0 radical (unpaired) electrons. The highest BCUT2D eigenvalue weighted by atomic mass is 127. The number of pyridine rings is 1. The van der Waals surface area contributed by atoms with Crippen molar-refractivity contribution < 1.29 is 27.5 Å². The van der Waals surface area contributed by atoms with Crippen LogP contribution in [-0.2, 0) is 11.8 Å². The highest BCUT2D eigenvalue weighted by Crippen LogP contribution is 2.34. The lowest BCUT2D eigenvalue weighted by molar-refractivity contribution is -0.192. The number of nitrogens with one attached hydrogen (secondary N) is 1. The van der Waals surface area contributed by atoms with Crippen molar-refractivity contribution >= 4 is 63.0 Å². The molecule has 238 valence electrons. The number of aliphatic carboxylic acids is 1. The molecule has 1 saturated carbocycles. The Morgan fingerprint density at radius 3 is 2.31 bits per heavy atom. The molecule has 0 bridgehead atoms. The van der Waals surface area contributed by atoms with E-state index in [0.29, 0.717) is 27.8 Å². The summed E-state index contributed by atoms with van der Waals surface area (Å²) < 4.78 is 51.2. The predicted molar refractivity (Wildman–Crippen MR) is 170 cm³/mol. The summed E-state index contributed by atoms with van der Waals surface area (Å²) in [6, 6.07) is 11.4. The number of rotatable bonds is 6. The Kier molecular flexibility index (Phi) is 9.55. The molecule has 0 amide bonds. The van der Waals surface area contributed by atoms with Crippen LogP contribution in [0.3, 0.4) is 0 Å². The molecule has 2 aromatic carbocycles. The van der Waals surface area contributed by atoms with Gasteiger partial charge in [0.25, 0.3) is 11.1 Å². The number of aliphatic imine (C=N–C) groups is 1. The zero-order valence-electron chi connectivity index (χ0n) is 24.3. The van der Waals surface area contributed by atoms with Crippen LogP contribution in [0.5, 0.6) is 0 Å². The summed E-state index contributed by atoms with van der Waals surface area (Å²) in [6.07, 6.45) is -2.04. The lowest BCUT2D eigenvalue weighted by Gasteiger charge is -2.20. The maximum absolute atomic E-state index is 14.8. The summed E-state index contributed by atoms with van der Waals surface area (Å²) >= 11 is 2.01. The molecule has 11 nitrogen and oxygen atoms in total. The molecule has 45 heavy (non-hydrogen) atoms. The van der Waals surface area contributed by atoms with Gasteiger partial charge >= 0.3 is 17.8 Å². The summed E-state index contributed by atoms with van der Waals surface area (Å²) in [5.41, 5.74) is 0.133. The largest absolute Gasteiger partial charge is 0.490 e. The SMILES string of the molecule is Cc1c(=O)n(C)c(Nc2ccc(I)cc2F)c2c(=O)n(C3CC3)c(=O)n(-c3cccc(/N=C/N(C)C)c3)c12.O=C(O)C(F)(F)F. The number of nitrogens with zero attached hydrogens (tertiary/aromatic N) is 5. The van der Waals surface area contributed by atoms with Gasteiger partial charge in [-0.05, 0) is 78.8 Å². The van der Waals surface area contributed by atoms with E-state index in [9.17, 15) is 31.9 Å². The number of anilines is 2. The second-order valence-corrected chi connectivity index (χ2v) is 11.6. The van der Waals surface area contributed by atoms with Crippen LogP contribution >= 0.6 is 22.6 Å². The van der Waals surface area contributed by atoms with Crippen LogP contribution in [0.1, 0.15) is 24.4 Å². The number of hydrogen-bond acceptors (Lipinski definition) is 6. The van der Waals surface area contributed by atoms with Gasteiger partial charge in [0.2, 0.25) is 0 Å². The molecular weight excluding hydrogens is 715 g/mol. The van der Waals surface area contributed by atoms with Crippen molar-refractivity contribution in [2.24, 2.45) is 12.0 Å². The smallest absolute Gasteiger partial charge is 0.475 e. The van der Waals surface area contributed by atoms with Crippen LogP contribution < -0.4 is 22.1 Å². The van der Waals surface area contributed by atoms with Crippen molar-refractivity contribution in [3.8, 4) is 5.69 Å². The van der Waals surface area contributed by atoms with E-state index in [4.69, 9.17) is 9.90 Å². The molecule has 1 aliphatic carbocycles. The van der Waals surface area contributed by atoms with Gasteiger partial charge in [-0.25, -0.2) is 19.0 Å². The fourth-order valence-electron chi connectivity index (χ4n) is 4.47. The van der Waals surface area contributed by atoms with E-state index in [1.54, 1.807) is 54.6 Å². The molecule has 16 heteroatoms. The highest BCUT2D eigenvalue weighted by Gasteiger charge is 2.38. The Labute approximate surface area is 266 Å². The first-order valence-electron chi connectivity index (χ1n) is 13.3. The molecule has 2 N–H and O–H groups in total. The van der Waals surface area contributed by atoms with Crippen LogP contribution in [0, 0.1) is 16.3 Å². The quantitative estimate of drug-likeness (QED) is 0.125. The number of carbonyl (C=O) groups is 1. The molecule has 0 spiro atoms. The van der Waals surface area contributed by atoms with Gasteiger partial charge in [-0.15, -0.1) is 0 Å². The van der Waals surface area contributed by atoms with E-state index in [1.807, 2.05) is 36.7 Å². The molecular formula is C29H27F4IN6O5. The molecule has 2 aromatic heterocycles. The highest BCUT2D eigenvalue weighted by molar-refractivity contribution is 14.1. The van der Waals surface area contributed by atoms with Gasteiger partial charge in [-0.1, -0.05) is 6.07 Å². The summed E-state index contributed by atoms with van der Waals surface area (Å²) in [6.45, 7) is 1.59. The summed E-state index contributed by atoms with van der Waals surface area (Å²) in [5.74, 6) is -3.17. The molecule has 2 heterocycles. The van der Waals surface area contributed by atoms with E-state index < -0.39 is 34.8 Å². The van der Waals surface area contributed by atoms with Gasteiger partial charge in [0, 0.05) is 36.3 Å². The Hall–Kier alpha value is -4.48. The molecule has 4 aromatic rings. The van der Waals surface area contributed by atoms with Crippen molar-refractivity contribution in [1.29, 1.82) is 0 Å². The average Bonchev–Trinajstić information content (AvgIpc) is 3.79. The first-order chi connectivity index (χ1) is 21.0. The zero-order chi connectivity index (χ0) is 33.4. The number of aryl methyl sites for hydroxylation is 1. The van der Waals surface area contributed by atoms with Crippen molar-refractivity contribution in [1.82, 2.24) is 18.6 Å². The normalized spacial score (nSPS) is 13.1. The van der Waals surface area contributed by atoms with Crippen molar-refractivity contribution in [2.75, 3.05) is 19.4 Å². The summed E-state index contributed by atoms with van der Waals surface area (Å²) in [4.78, 5) is 56.3. The van der Waals surface area contributed by atoms with E-state index in [1.165, 1.54) is 26.8 Å². The number of carboxylic acids is 1. The fourth-order valence-corrected chi connectivity index (χ4v) is 4.92. The number of halogens is 5. The predicted octanol–water partition coefficient (Wildman–Crippen LogP) is 4.84. The lowest BCUT2D eigenvalue weighted by Crippen LogP contribution is -2.41. The standard InChI is InChI=1S/C27H26FIN6O3.C2HF3O2/c1-15-23-22(24(33(4)25(15)36)31-21-11-8-16(29)12-20(21)28)26(37)35(18-9-10-18)27(38)34(23)19-7-5-6-17(13-19)30-14-32(2)3;3-2(4,5)1(6)7/h5-8,11-14,18,31H,9-10H2,1-4H3;(H,6,7)/b30-14+;. The number of aromatic nitrogens is 3. The monoisotopic (exact) mass is 742 g/mol. The van der Waals surface area contributed by atoms with Crippen LogP contribution in [0.4, 0.5) is 34.8 Å². The van der Waals surface area contributed by atoms with Gasteiger partial charge in [0.15, 0.2) is 0 Å². The minimum atomic E-state index is -5.08. The fraction of sp³-hybridized carbons (Fsp3) is 0.276. The van der Waals surface area contributed by atoms with Gasteiger partial charge in [0.1, 0.15) is 17.0 Å². The third kappa shape index (κ3) is 7.10. The number of benzene rings is 2. The Morgan fingerprint density at radius 2 is 1.76 bits per heavy atom. The van der Waals surface area contributed by atoms with E-state index in [2.05, 4.69) is 10.3 Å². The van der Waals surface area contributed by atoms with Crippen LogP contribution in [0.15, 0.2) is 61.8 Å². The molecule has 0 unspecified atom stereocenters. The van der Waals surface area contributed by atoms with E-state index in [-0.39, 0.29) is 34.0 Å². The summed E-state index contributed by atoms with van der Waals surface area (Å²) in [5, 5.41) is 10.2. The van der Waals surface area contributed by atoms with Gasteiger partial charge < -0.3 is 15.3 Å². The van der Waals surface area contributed by atoms with E-state index >= 15 is 0 Å². The molecule has 1 aliphatic rings. The second kappa shape index (κ2) is 12.9. The molecule has 5 rings (SSSR count). The zero-order valence-corrected chi connectivity index (χ0v) is 26.5. The molecule has 1 fully saturated rings. The second-order valence-electron chi connectivity index (χ2n) is 10.4. The van der Waals surface area contributed by atoms with Crippen LogP contribution in [0.25, 0.3) is 16.6 Å². The van der Waals surface area contributed by atoms with Crippen molar-refractivity contribution in [3.63, 3.8) is 0 Å². The molecule has 0 aliphatic heterocycles. The Bertz CT molecular complexity index is 2010. The van der Waals surface area contributed by atoms with E-state index in [0.717, 1.165) is 0 Å². The van der Waals surface area contributed by atoms with Gasteiger partial charge in [-0.2, -0.15) is 13.2 Å². The molecule has 0 atom stereocenters. The minimum Gasteiger partial charge on any atom is -0.475 e. The van der Waals surface area contributed by atoms with Crippen LogP contribution in [0.2, 0.25) is 0 Å². The number of alkyl halides is 3. The van der Waals surface area contributed by atoms with Crippen molar-refractivity contribution in [3.05, 3.63) is 88.6 Å². The first-order valence-corrected chi connectivity index (χ1v) is 14.3. The van der Waals surface area contributed by atoms with Crippen molar-refractivity contribution in [2.45, 2.75) is 32.0 Å². The number of hydrogen-bond donors (Lipinski definition) is 2. The average molecular weight is 742 g/mol. The maximum Gasteiger partial charge on any atom is 0.490 e. The molecule has 0 saturated heterocycles. The third-order valence-electron chi connectivity index (χ3n) is 6.71. The third-order valence-corrected chi connectivity index (χ3v) is 7.38. The number of fused-ring (bicyclic) bond motifs is 1. The lowest BCUT2D eigenvalue weighted by atomic mass is 10.1.